The fourth-order valence-electron chi connectivity index (χ4n) is 3.61. The maximum atomic E-state index is 12.7. The number of hydrogen-bond acceptors (Lipinski definition) is 3. The molecule has 4 heteroatoms. The van der Waals surface area contributed by atoms with Crippen molar-refractivity contribution in [3.8, 4) is 0 Å². The molecule has 0 aromatic heterocycles. The van der Waals surface area contributed by atoms with E-state index < -0.39 is 0 Å². The Kier molecular flexibility index (Phi) is 4.27. The molecular weight excluding hydrogens is 280 g/mol. The van der Waals surface area contributed by atoms with Gasteiger partial charge in [0.15, 0.2) is 0 Å². The minimum Gasteiger partial charge on any atom is -0.310 e. The average Bonchev–Trinajstić information content (AvgIpc) is 3.02. The number of thioether (sulfide) groups is 1. The molecule has 0 aliphatic carbocycles. The minimum atomic E-state index is 0.00815. The second-order valence-corrected chi connectivity index (χ2v) is 7.46. The first-order chi connectivity index (χ1) is 10.1. The number of rotatable bonds is 3. The topological polar surface area (TPSA) is 32.3 Å². The number of nitrogens with zero attached hydrogens (tertiary/aromatic N) is 1. The van der Waals surface area contributed by atoms with E-state index in [1.165, 1.54) is 28.9 Å². The Morgan fingerprint density at radius 1 is 1.19 bits per heavy atom. The summed E-state index contributed by atoms with van der Waals surface area (Å²) in [6, 6.07) is 4.87. The van der Waals surface area contributed by atoms with Crippen molar-refractivity contribution in [3.63, 3.8) is 0 Å². The van der Waals surface area contributed by atoms with E-state index in [0.29, 0.717) is 6.04 Å². The molecule has 3 nitrogen and oxygen atoms in total. The maximum Gasteiger partial charge on any atom is 0.244 e. The maximum absolute atomic E-state index is 12.7. The summed E-state index contributed by atoms with van der Waals surface area (Å²) in [7, 11) is 0. The molecule has 0 radical (unpaired) electrons. The van der Waals surface area contributed by atoms with Crippen molar-refractivity contribution in [2.24, 2.45) is 0 Å². The first-order valence-electron chi connectivity index (χ1n) is 7.79. The second-order valence-electron chi connectivity index (χ2n) is 6.31. The molecule has 2 aliphatic rings. The lowest BCUT2D eigenvalue weighted by molar-refractivity contribution is -0.119. The quantitative estimate of drug-likeness (QED) is 0.932. The fourth-order valence-corrected chi connectivity index (χ4v) is 4.77. The van der Waals surface area contributed by atoms with Gasteiger partial charge in [0.25, 0.3) is 0 Å². The zero-order valence-corrected chi connectivity index (χ0v) is 13.9. The predicted molar refractivity (Wildman–Crippen MR) is 90.3 cm³/mol. The number of nitrogens with one attached hydrogen (secondary N) is 1. The lowest BCUT2D eigenvalue weighted by Gasteiger charge is -2.23. The van der Waals surface area contributed by atoms with Gasteiger partial charge >= 0.3 is 0 Å². The van der Waals surface area contributed by atoms with Gasteiger partial charge in [0.2, 0.25) is 5.91 Å². The molecule has 1 amide bonds. The Hall–Kier alpha value is -1.00. The Morgan fingerprint density at radius 3 is 2.52 bits per heavy atom. The van der Waals surface area contributed by atoms with E-state index in [2.05, 4.69) is 38.2 Å². The summed E-state index contributed by atoms with van der Waals surface area (Å²) in [5, 5.41) is 3.57. The summed E-state index contributed by atoms with van der Waals surface area (Å²) in [6.45, 7) is 7.16. The highest BCUT2D eigenvalue weighted by Gasteiger charge is 2.35. The highest BCUT2D eigenvalue weighted by molar-refractivity contribution is 7.99. The lowest BCUT2D eigenvalue weighted by Crippen LogP contribution is -2.44. The van der Waals surface area contributed by atoms with Gasteiger partial charge in [-0.15, -0.1) is 0 Å². The third-order valence-electron chi connectivity index (χ3n) is 4.48. The van der Waals surface area contributed by atoms with Crippen molar-refractivity contribution in [1.82, 2.24) is 5.32 Å². The van der Waals surface area contributed by atoms with Gasteiger partial charge in [0, 0.05) is 24.0 Å². The van der Waals surface area contributed by atoms with Crippen LogP contribution >= 0.6 is 11.8 Å². The Morgan fingerprint density at radius 2 is 1.90 bits per heavy atom. The standard InChI is InChI=1S/C17H24N2OS/c1-11-8-12(2)16(13(3)9-11)19-6-4-15(17(19)20)18-14-5-7-21-10-14/h8-9,14-15,18H,4-7,10H2,1-3H3. The largest absolute Gasteiger partial charge is 0.310 e. The Labute approximate surface area is 131 Å². The van der Waals surface area contributed by atoms with Crippen LogP contribution in [0.25, 0.3) is 0 Å². The SMILES string of the molecule is Cc1cc(C)c(N2CCC(NC3CCSC3)C2=O)c(C)c1. The third-order valence-corrected chi connectivity index (χ3v) is 5.64. The van der Waals surface area contributed by atoms with Gasteiger partial charge in [0.1, 0.15) is 0 Å². The molecule has 1 aromatic carbocycles. The van der Waals surface area contributed by atoms with Crippen molar-refractivity contribution in [1.29, 1.82) is 0 Å². The summed E-state index contributed by atoms with van der Waals surface area (Å²) in [5.74, 6) is 2.62. The van der Waals surface area contributed by atoms with E-state index in [0.717, 1.165) is 24.4 Å². The van der Waals surface area contributed by atoms with E-state index in [9.17, 15) is 4.79 Å². The number of aryl methyl sites for hydroxylation is 3. The van der Waals surface area contributed by atoms with E-state index in [1.807, 2.05) is 16.7 Å². The summed E-state index contributed by atoms with van der Waals surface area (Å²) in [4.78, 5) is 14.7. The zero-order chi connectivity index (χ0) is 15.0. The van der Waals surface area contributed by atoms with Crippen molar-refractivity contribution in [2.45, 2.75) is 45.7 Å². The monoisotopic (exact) mass is 304 g/mol. The normalized spacial score (nSPS) is 25.9. The van der Waals surface area contributed by atoms with E-state index in [4.69, 9.17) is 0 Å². The van der Waals surface area contributed by atoms with Crippen LogP contribution in [0.4, 0.5) is 5.69 Å². The van der Waals surface area contributed by atoms with Gasteiger partial charge in [-0.25, -0.2) is 0 Å². The van der Waals surface area contributed by atoms with Crippen LogP contribution < -0.4 is 10.2 Å². The number of hydrogen-bond donors (Lipinski definition) is 1. The number of amides is 1. The minimum absolute atomic E-state index is 0.00815. The highest BCUT2D eigenvalue weighted by Crippen LogP contribution is 2.30. The van der Waals surface area contributed by atoms with Gasteiger partial charge in [-0.2, -0.15) is 11.8 Å². The Balaban J connectivity index is 1.77. The number of anilines is 1. The summed E-state index contributed by atoms with van der Waals surface area (Å²) in [5.41, 5.74) is 4.80. The molecule has 1 N–H and O–H groups in total. The van der Waals surface area contributed by atoms with Gasteiger partial charge in [0.05, 0.1) is 6.04 Å². The molecule has 2 fully saturated rings. The van der Waals surface area contributed by atoms with Gasteiger partial charge in [-0.3, -0.25) is 4.79 Å². The molecule has 2 heterocycles. The summed E-state index contributed by atoms with van der Waals surface area (Å²) in [6.07, 6.45) is 2.11. The van der Waals surface area contributed by atoms with Crippen LogP contribution in [0.2, 0.25) is 0 Å². The molecule has 0 spiro atoms. The highest BCUT2D eigenvalue weighted by atomic mass is 32.2. The molecule has 0 saturated carbocycles. The molecule has 1 aromatic rings. The molecule has 2 aliphatic heterocycles. The van der Waals surface area contributed by atoms with E-state index >= 15 is 0 Å². The van der Waals surface area contributed by atoms with Crippen molar-refractivity contribution >= 4 is 23.4 Å². The molecule has 2 saturated heterocycles. The molecular formula is C17H24N2OS. The molecule has 114 valence electrons. The van der Waals surface area contributed by atoms with Gasteiger partial charge < -0.3 is 10.2 Å². The fraction of sp³-hybridized carbons (Fsp3) is 0.588. The van der Waals surface area contributed by atoms with Gasteiger partial charge in [-0.1, -0.05) is 17.7 Å². The van der Waals surface area contributed by atoms with Crippen LogP contribution in [0.1, 0.15) is 29.5 Å². The van der Waals surface area contributed by atoms with Crippen LogP contribution in [0.5, 0.6) is 0 Å². The van der Waals surface area contributed by atoms with Crippen LogP contribution in [0.15, 0.2) is 12.1 Å². The number of carbonyl (C=O) groups is 1. The van der Waals surface area contributed by atoms with Crippen LogP contribution in [0, 0.1) is 20.8 Å². The smallest absolute Gasteiger partial charge is 0.244 e. The Bertz CT molecular complexity index is 529. The molecule has 0 bridgehead atoms. The van der Waals surface area contributed by atoms with Crippen LogP contribution in [-0.4, -0.2) is 36.0 Å². The molecule has 3 rings (SSSR count). The molecule has 21 heavy (non-hydrogen) atoms. The third kappa shape index (κ3) is 2.97. The molecule has 2 unspecified atom stereocenters. The number of benzene rings is 1. The zero-order valence-electron chi connectivity index (χ0n) is 13.1. The predicted octanol–water partition coefficient (Wildman–Crippen LogP) is 2.81. The van der Waals surface area contributed by atoms with Crippen LogP contribution in [0.3, 0.4) is 0 Å². The number of carbonyl (C=O) groups excluding carboxylic acids is 1. The summed E-state index contributed by atoms with van der Waals surface area (Å²) >= 11 is 1.98. The van der Waals surface area contributed by atoms with Crippen molar-refractivity contribution < 1.29 is 4.79 Å². The lowest BCUT2D eigenvalue weighted by atomic mass is 10.0. The van der Waals surface area contributed by atoms with Crippen molar-refractivity contribution in [2.75, 3.05) is 23.0 Å². The average molecular weight is 304 g/mol. The first kappa shape index (κ1) is 14.9. The second kappa shape index (κ2) is 6.01. The van der Waals surface area contributed by atoms with Crippen LogP contribution in [-0.2, 0) is 4.79 Å². The van der Waals surface area contributed by atoms with Crippen molar-refractivity contribution in [3.05, 3.63) is 28.8 Å². The van der Waals surface area contributed by atoms with E-state index in [-0.39, 0.29) is 11.9 Å². The van der Waals surface area contributed by atoms with Gasteiger partial charge in [-0.05, 0) is 50.5 Å². The summed E-state index contributed by atoms with van der Waals surface area (Å²) < 4.78 is 0. The first-order valence-corrected chi connectivity index (χ1v) is 8.95. The molecule has 2 atom stereocenters. The van der Waals surface area contributed by atoms with E-state index in [1.54, 1.807) is 0 Å².